The molecule has 3 N–H and O–H groups in total. The van der Waals surface area contributed by atoms with E-state index in [0.717, 1.165) is 44.6 Å². The average molecular weight is 258 g/mol. The summed E-state index contributed by atoms with van der Waals surface area (Å²) in [5.74, 6) is -1.13. The Balaban J connectivity index is 3.24. The summed E-state index contributed by atoms with van der Waals surface area (Å²) in [5, 5.41) is 26.7. The van der Waals surface area contributed by atoms with Crippen LogP contribution in [0, 0.1) is 0 Å². The Kier molecular flexibility index (Phi) is 10.4. The standard InChI is InChI=1S/C14H26O4/c1-12(15)9-7-5-3-2-4-6-8-10-13(16)11-14(17)18/h11-12,15-16H,2-10H2,1H3,(H,17,18). The summed E-state index contributed by atoms with van der Waals surface area (Å²) in [6, 6.07) is 0. The molecule has 0 bridgehead atoms. The largest absolute Gasteiger partial charge is 0.512 e. The summed E-state index contributed by atoms with van der Waals surface area (Å²) < 4.78 is 0. The molecule has 4 nitrogen and oxygen atoms in total. The second kappa shape index (κ2) is 11.1. The van der Waals surface area contributed by atoms with E-state index in [0.29, 0.717) is 6.42 Å². The van der Waals surface area contributed by atoms with Gasteiger partial charge in [-0.3, -0.25) is 0 Å². The number of carboxylic acid groups (broad SMARTS) is 1. The lowest BCUT2D eigenvalue weighted by atomic mass is 10.1. The molecule has 0 aromatic heterocycles. The number of aliphatic hydroxyl groups excluding tert-OH is 2. The molecule has 18 heavy (non-hydrogen) atoms. The maximum absolute atomic E-state index is 10.2. The lowest BCUT2D eigenvalue weighted by Gasteiger charge is -2.04. The van der Waals surface area contributed by atoms with Gasteiger partial charge >= 0.3 is 5.97 Å². The number of rotatable bonds is 11. The molecular weight excluding hydrogens is 232 g/mol. The Morgan fingerprint density at radius 1 is 1.00 bits per heavy atom. The van der Waals surface area contributed by atoms with E-state index < -0.39 is 5.97 Å². The van der Waals surface area contributed by atoms with E-state index in [1.54, 1.807) is 0 Å². The predicted molar refractivity (Wildman–Crippen MR) is 71.6 cm³/mol. The van der Waals surface area contributed by atoms with Crippen LogP contribution in [0.4, 0.5) is 0 Å². The van der Waals surface area contributed by atoms with Gasteiger partial charge in [0.05, 0.1) is 17.9 Å². The van der Waals surface area contributed by atoms with E-state index in [9.17, 15) is 9.90 Å². The molecule has 0 aliphatic heterocycles. The average Bonchev–Trinajstić information content (AvgIpc) is 2.25. The summed E-state index contributed by atoms with van der Waals surface area (Å²) in [5.41, 5.74) is 0. The Morgan fingerprint density at radius 3 is 2.00 bits per heavy atom. The van der Waals surface area contributed by atoms with E-state index in [2.05, 4.69) is 0 Å². The van der Waals surface area contributed by atoms with Gasteiger partial charge < -0.3 is 15.3 Å². The van der Waals surface area contributed by atoms with Crippen LogP contribution in [-0.2, 0) is 4.79 Å². The van der Waals surface area contributed by atoms with Crippen LogP contribution in [0.25, 0.3) is 0 Å². The molecule has 1 unspecified atom stereocenters. The number of hydrogen-bond acceptors (Lipinski definition) is 3. The van der Waals surface area contributed by atoms with Gasteiger partial charge in [-0.05, 0) is 19.8 Å². The van der Waals surface area contributed by atoms with Crippen molar-refractivity contribution < 1.29 is 20.1 Å². The van der Waals surface area contributed by atoms with Crippen molar-refractivity contribution in [2.24, 2.45) is 0 Å². The van der Waals surface area contributed by atoms with Crippen LogP contribution in [0.5, 0.6) is 0 Å². The maximum atomic E-state index is 10.2. The van der Waals surface area contributed by atoms with Crippen molar-refractivity contribution in [1.82, 2.24) is 0 Å². The van der Waals surface area contributed by atoms with E-state index in [-0.39, 0.29) is 11.9 Å². The first-order chi connectivity index (χ1) is 8.52. The second-order valence-corrected chi connectivity index (χ2v) is 4.84. The van der Waals surface area contributed by atoms with Gasteiger partial charge in [0.25, 0.3) is 0 Å². The zero-order valence-electron chi connectivity index (χ0n) is 11.3. The van der Waals surface area contributed by atoms with Gasteiger partial charge in [0.1, 0.15) is 0 Å². The van der Waals surface area contributed by atoms with Gasteiger partial charge in [0, 0.05) is 6.42 Å². The summed E-state index contributed by atoms with van der Waals surface area (Å²) >= 11 is 0. The van der Waals surface area contributed by atoms with Crippen LogP contribution in [-0.4, -0.2) is 27.4 Å². The zero-order chi connectivity index (χ0) is 13.8. The van der Waals surface area contributed by atoms with Gasteiger partial charge in [-0.1, -0.05) is 38.5 Å². The Morgan fingerprint density at radius 2 is 1.50 bits per heavy atom. The number of carboxylic acids is 1. The molecule has 0 aromatic carbocycles. The molecule has 0 heterocycles. The van der Waals surface area contributed by atoms with Crippen molar-refractivity contribution in [1.29, 1.82) is 0 Å². The molecular formula is C14H26O4. The first kappa shape index (κ1) is 17.0. The van der Waals surface area contributed by atoms with Crippen molar-refractivity contribution in [3.63, 3.8) is 0 Å². The molecule has 0 amide bonds. The predicted octanol–water partition coefficient (Wildman–Crippen LogP) is 3.40. The third-order valence-corrected chi connectivity index (χ3v) is 2.84. The van der Waals surface area contributed by atoms with E-state index in [1.165, 1.54) is 12.8 Å². The molecule has 0 aliphatic carbocycles. The minimum Gasteiger partial charge on any atom is -0.512 e. The number of aliphatic hydroxyl groups is 2. The number of aliphatic carboxylic acids is 1. The molecule has 0 spiro atoms. The van der Waals surface area contributed by atoms with Crippen LogP contribution in [0.3, 0.4) is 0 Å². The molecule has 0 saturated heterocycles. The Bertz CT molecular complexity index is 246. The van der Waals surface area contributed by atoms with E-state index in [4.69, 9.17) is 10.2 Å². The van der Waals surface area contributed by atoms with Gasteiger partial charge in [0.2, 0.25) is 0 Å². The quantitative estimate of drug-likeness (QED) is 0.301. The Labute approximate surface area is 109 Å². The lowest BCUT2D eigenvalue weighted by molar-refractivity contribution is -0.131. The first-order valence-corrected chi connectivity index (χ1v) is 6.83. The minimum atomic E-state index is -1.09. The number of carbonyl (C=O) groups is 1. The summed E-state index contributed by atoms with van der Waals surface area (Å²) in [6.45, 7) is 1.82. The van der Waals surface area contributed by atoms with Gasteiger partial charge in [0.15, 0.2) is 0 Å². The van der Waals surface area contributed by atoms with E-state index >= 15 is 0 Å². The summed E-state index contributed by atoms with van der Waals surface area (Å²) in [7, 11) is 0. The van der Waals surface area contributed by atoms with Crippen LogP contribution < -0.4 is 0 Å². The van der Waals surface area contributed by atoms with Crippen LogP contribution >= 0.6 is 0 Å². The van der Waals surface area contributed by atoms with Crippen LogP contribution in [0.15, 0.2) is 11.8 Å². The number of unbranched alkanes of at least 4 members (excludes halogenated alkanes) is 6. The molecule has 0 aliphatic rings. The molecule has 106 valence electrons. The van der Waals surface area contributed by atoms with Crippen LogP contribution in [0.1, 0.15) is 64.7 Å². The molecule has 1 atom stereocenters. The Hall–Kier alpha value is -1.03. The molecule has 4 heteroatoms. The van der Waals surface area contributed by atoms with Crippen molar-refractivity contribution in [3.8, 4) is 0 Å². The zero-order valence-corrected chi connectivity index (χ0v) is 11.3. The second-order valence-electron chi connectivity index (χ2n) is 4.84. The highest BCUT2D eigenvalue weighted by Gasteiger charge is 1.98. The number of hydrogen-bond donors (Lipinski definition) is 3. The monoisotopic (exact) mass is 258 g/mol. The molecule has 0 saturated carbocycles. The van der Waals surface area contributed by atoms with Crippen LogP contribution in [0.2, 0.25) is 0 Å². The highest BCUT2D eigenvalue weighted by molar-refractivity contribution is 5.80. The highest BCUT2D eigenvalue weighted by atomic mass is 16.4. The fraction of sp³-hybridized carbons (Fsp3) is 0.786. The van der Waals surface area contributed by atoms with Gasteiger partial charge in [-0.15, -0.1) is 0 Å². The topological polar surface area (TPSA) is 77.8 Å². The maximum Gasteiger partial charge on any atom is 0.331 e. The SMILES string of the molecule is CC(O)CCCCCCCCCC(O)=CC(=O)O. The first-order valence-electron chi connectivity index (χ1n) is 6.83. The summed E-state index contributed by atoms with van der Waals surface area (Å²) in [6.07, 6.45) is 9.58. The summed E-state index contributed by atoms with van der Waals surface area (Å²) in [4.78, 5) is 10.2. The molecule has 0 radical (unpaired) electrons. The fourth-order valence-electron chi connectivity index (χ4n) is 1.84. The normalized spacial score (nSPS) is 13.6. The van der Waals surface area contributed by atoms with Crippen molar-refractivity contribution in [2.45, 2.75) is 70.8 Å². The van der Waals surface area contributed by atoms with Gasteiger partial charge in [-0.2, -0.15) is 0 Å². The van der Waals surface area contributed by atoms with Gasteiger partial charge in [-0.25, -0.2) is 4.79 Å². The number of allylic oxidation sites excluding steroid dienone is 1. The molecule has 0 rings (SSSR count). The molecule has 0 fully saturated rings. The van der Waals surface area contributed by atoms with Crippen molar-refractivity contribution in [3.05, 3.63) is 11.8 Å². The third kappa shape index (κ3) is 13.0. The third-order valence-electron chi connectivity index (χ3n) is 2.84. The molecule has 0 aromatic rings. The van der Waals surface area contributed by atoms with E-state index in [1.807, 2.05) is 6.92 Å². The smallest absolute Gasteiger partial charge is 0.331 e. The minimum absolute atomic E-state index is 0.0422. The van der Waals surface area contributed by atoms with Crippen molar-refractivity contribution in [2.75, 3.05) is 0 Å². The highest BCUT2D eigenvalue weighted by Crippen LogP contribution is 2.12. The fourth-order valence-corrected chi connectivity index (χ4v) is 1.84. The lowest BCUT2D eigenvalue weighted by Crippen LogP contribution is -1.98. The van der Waals surface area contributed by atoms with Crippen molar-refractivity contribution >= 4 is 5.97 Å².